The van der Waals surface area contributed by atoms with E-state index in [9.17, 15) is 0 Å². The fourth-order valence-electron chi connectivity index (χ4n) is 1.61. The molecule has 1 aliphatic rings. The molecule has 1 N–H and O–H groups in total. The molecule has 1 fully saturated rings. The monoisotopic (exact) mass is 184 g/mol. The second kappa shape index (κ2) is 4.43. The first-order chi connectivity index (χ1) is 6.09. The molecule has 2 heteroatoms. The lowest BCUT2D eigenvalue weighted by Crippen LogP contribution is -2.44. The SMILES string of the molecule is CCC(CN(C)CC)NC1(C)CC1. The van der Waals surface area contributed by atoms with Gasteiger partial charge in [0, 0.05) is 18.1 Å². The van der Waals surface area contributed by atoms with Gasteiger partial charge in [0.05, 0.1) is 0 Å². The number of nitrogens with one attached hydrogen (secondary N) is 1. The van der Waals surface area contributed by atoms with Gasteiger partial charge in [0.15, 0.2) is 0 Å². The van der Waals surface area contributed by atoms with Gasteiger partial charge >= 0.3 is 0 Å². The normalized spacial score (nSPS) is 21.9. The molecule has 1 rings (SSSR count). The summed E-state index contributed by atoms with van der Waals surface area (Å²) in [6, 6.07) is 0.678. The van der Waals surface area contributed by atoms with Crippen LogP contribution < -0.4 is 5.32 Å². The third-order valence-corrected chi connectivity index (χ3v) is 3.12. The molecule has 0 bridgehead atoms. The summed E-state index contributed by atoms with van der Waals surface area (Å²) in [6.07, 6.45) is 3.96. The molecule has 2 nitrogen and oxygen atoms in total. The molecule has 0 saturated heterocycles. The lowest BCUT2D eigenvalue weighted by molar-refractivity contribution is 0.280. The van der Waals surface area contributed by atoms with Crippen molar-refractivity contribution in [3.63, 3.8) is 0 Å². The third-order valence-electron chi connectivity index (χ3n) is 3.12. The van der Waals surface area contributed by atoms with Crippen molar-refractivity contribution in [2.24, 2.45) is 0 Å². The Morgan fingerprint density at radius 1 is 1.38 bits per heavy atom. The van der Waals surface area contributed by atoms with Gasteiger partial charge in [0.1, 0.15) is 0 Å². The molecular weight excluding hydrogens is 160 g/mol. The van der Waals surface area contributed by atoms with E-state index in [2.05, 4.69) is 38.0 Å². The Bertz CT molecular complexity index is 152. The smallest absolute Gasteiger partial charge is 0.0197 e. The predicted molar refractivity (Wildman–Crippen MR) is 58.0 cm³/mol. The van der Waals surface area contributed by atoms with Gasteiger partial charge in [-0.05, 0) is 39.8 Å². The average Bonchev–Trinajstić information content (AvgIpc) is 2.82. The Balaban J connectivity index is 2.25. The summed E-state index contributed by atoms with van der Waals surface area (Å²) in [7, 11) is 2.19. The maximum Gasteiger partial charge on any atom is 0.0197 e. The van der Waals surface area contributed by atoms with Gasteiger partial charge in [-0.2, -0.15) is 0 Å². The molecule has 0 amide bonds. The van der Waals surface area contributed by atoms with E-state index < -0.39 is 0 Å². The molecule has 0 aromatic carbocycles. The Kier molecular flexibility index (Phi) is 3.74. The molecule has 1 saturated carbocycles. The van der Waals surface area contributed by atoms with Gasteiger partial charge in [-0.15, -0.1) is 0 Å². The van der Waals surface area contributed by atoms with Crippen molar-refractivity contribution in [2.75, 3.05) is 20.1 Å². The fourth-order valence-corrected chi connectivity index (χ4v) is 1.61. The maximum absolute atomic E-state index is 3.74. The highest BCUT2D eigenvalue weighted by Crippen LogP contribution is 2.34. The van der Waals surface area contributed by atoms with Crippen LogP contribution in [0, 0.1) is 0 Å². The van der Waals surface area contributed by atoms with Gasteiger partial charge in [0.2, 0.25) is 0 Å². The standard InChI is InChI=1S/C11H24N2/c1-5-10(9-13(4)6-2)12-11(3)7-8-11/h10,12H,5-9H2,1-4H3. The van der Waals surface area contributed by atoms with Crippen molar-refractivity contribution in [3.8, 4) is 0 Å². The van der Waals surface area contributed by atoms with E-state index in [1.807, 2.05) is 0 Å². The van der Waals surface area contributed by atoms with Crippen LogP contribution in [0.5, 0.6) is 0 Å². The summed E-state index contributed by atoms with van der Waals surface area (Å²) in [6.45, 7) is 9.15. The maximum atomic E-state index is 3.74. The number of rotatable bonds is 6. The van der Waals surface area contributed by atoms with E-state index in [0.717, 1.165) is 6.54 Å². The topological polar surface area (TPSA) is 15.3 Å². The van der Waals surface area contributed by atoms with Crippen LogP contribution in [-0.4, -0.2) is 36.6 Å². The van der Waals surface area contributed by atoms with E-state index >= 15 is 0 Å². The van der Waals surface area contributed by atoms with Gasteiger partial charge in [-0.3, -0.25) is 0 Å². The largest absolute Gasteiger partial charge is 0.308 e. The molecule has 0 heterocycles. The number of hydrogen-bond acceptors (Lipinski definition) is 2. The molecule has 13 heavy (non-hydrogen) atoms. The molecule has 0 aliphatic heterocycles. The quantitative estimate of drug-likeness (QED) is 0.678. The predicted octanol–water partition coefficient (Wildman–Crippen LogP) is 1.86. The molecule has 78 valence electrons. The van der Waals surface area contributed by atoms with Crippen LogP contribution in [0.25, 0.3) is 0 Å². The minimum atomic E-state index is 0.481. The molecule has 1 atom stereocenters. The summed E-state index contributed by atoms with van der Waals surface area (Å²) < 4.78 is 0. The molecular formula is C11H24N2. The average molecular weight is 184 g/mol. The Morgan fingerprint density at radius 2 is 2.00 bits per heavy atom. The highest BCUT2D eigenvalue weighted by molar-refractivity contribution is 4.99. The summed E-state index contributed by atoms with van der Waals surface area (Å²) >= 11 is 0. The zero-order valence-electron chi connectivity index (χ0n) is 9.56. The first kappa shape index (κ1) is 11.0. The number of nitrogens with zero attached hydrogens (tertiary/aromatic N) is 1. The second-order valence-electron chi connectivity index (χ2n) is 4.67. The molecule has 1 aliphatic carbocycles. The lowest BCUT2D eigenvalue weighted by Gasteiger charge is -2.26. The van der Waals surface area contributed by atoms with Crippen LogP contribution in [0.4, 0.5) is 0 Å². The van der Waals surface area contributed by atoms with Crippen molar-refractivity contribution in [3.05, 3.63) is 0 Å². The van der Waals surface area contributed by atoms with Gasteiger partial charge in [-0.1, -0.05) is 13.8 Å². The van der Waals surface area contributed by atoms with Crippen molar-refractivity contribution in [1.82, 2.24) is 10.2 Å². The van der Waals surface area contributed by atoms with E-state index in [1.165, 1.54) is 25.8 Å². The highest BCUT2D eigenvalue weighted by Gasteiger charge is 2.38. The molecule has 0 aromatic heterocycles. The van der Waals surface area contributed by atoms with E-state index in [1.54, 1.807) is 0 Å². The molecule has 0 radical (unpaired) electrons. The summed E-state index contributed by atoms with van der Waals surface area (Å²) in [5.74, 6) is 0. The van der Waals surface area contributed by atoms with Crippen LogP contribution in [0.1, 0.15) is 40.0 Å². The molecule has 0 aromatic rings. The molecule has 1 unspecified atom stereocenters. The third kappa shape index (κ3) is 3.65. The van der Waals surface area contributed by atoms with Crippen molar-refractivity contribution < 1.29 is 0 Å². The highest BCUT2D eigenvalue weighted by atomic mass is 15.1. The zero-order valence-corrected chi connectivity index (χ0v) is 9.56. The zero-order chi connectivity index (χ0) is 9.90. The van der Waals surface area contributed by atoms with E-state index in [-0.39, 0.29) is 0 Å². The first-order valence-corrected chi connectivity index (χ1v) is 5.56. The lowest BCUT2D eigenvalue weighted by atomic mass is 10.1. The van der Waals surface area contributed by atoms with E-state index in [4.69, 9.17) is 0 Å². The minimum absolute atomic E-state index is 0.481. The van der Waals surface area contributed by atoms with Crippen molar-refractivity contribution >= 4 is 0 Å². The second-order valence-corrected chi connectivity index (χ2v) is 4.67. The Hall–Kier alpha value is -0.0800. The summed E-state index contributed by atoms with van der Waals surface area (Å²) in [5.41, 5.74) is 0.481. The van der Waals surface area contributed by atoms with Gasteiger partial charge in [-0.25, -0.2) is 0 Å². The first-order valence-electron chi connectivity index (χ1n) is 5.56. The molecule has 0 spiro atoms. The summed E-state index contributed by atoms with van der Waals surface area (Å²) in [4.78, 5) is 2.38. The van der Waals surface area contributed by atoms with Gasteiger partial charge < -0.3 is 10.2 Å². The van der Waals surface area contributed by atoms with Crippen LogP contribution in [0.3, 0.4) is 0 Å². The van der Waals surface area contributed by atoms with Crippen LogP contribution in [-0.2, 0) is 0 Å². The summed E-state index contributed by atoms with van der Waals surface area (Å²) in [5, 5.41) is 3.74. The van der Waals surface area contributed by atoms with E-state index in [0.29, 0.717) is 11.6 Å². The minimum Gasteiger partial charge on any atom is -0.308 e. The number of hydrogen-bond donors (Lipinski definition) is 1. The van der Waals surface area contributed by atoms with Crippen LogP contribution >= 0.6 is 0 Å². The van der Waals surface area contributed by atoms with Crippen molar-refractivity contribution in [2.45, 2.75) is 51.6 Å². The Morgan fingerprint density at radius 3 is 2.38 bits per heavy atom. The van der Waals surface area contributed by atoms with Crippen molar-refractivity contribution in [1.29, 1.82) is 0 Å². The van der Waals surface area contributed by atoms with Gasteiger partial charge in [0.25, 0.3) is 0 Å². The van der Waals surface area contributed by atoms with Crippen LogP contribution in [0.15, 0.2) is 0 Å². The number of likely N-dealkylation sites (N-methyl/N-ethyl adjacent to an activating group) is 1. The van der Waals surface area contributed by atoms with Crippen LogP contribution in [0.2, 0.25) is 0 Å². The fraction of sp³-hybridized carbons (Fsp3) is 1.00. The Labute approximate surface area is 82.7 Å².